The summed E-state index contributed by atoms with van der Waals surface area (Å²) in [5, 5.41) is 0.299. The van der Waals surface area contributed by atoms with Gasteiger partial charge in [0.2, 0.25) is 0 Å². The Bertz CT molecular complexity index is 557. The Labute approximate surface area is 91.0 Å². The molecule has 1 aliphatic carbocycles. The van der Waals surface area contributed by atoms with Gasteiger partial charge in [-0.2, -0.15) is 0 Å². The maximum atomic E-state index is 13.8. The van der Waals surface area contributed by atoms with E-state index >= 15 is 0 Å². The fourth-order valence-corrected chi connectivity index (χ4v) is 2.33. The van der Waals surface area contributed by atoms with Gasteiger partial charge in [0, 0.05) is 11.6 Å². The average molecular weight is 223 g/mol. The molecule has 0 unspecified atom stereocenters. The van der Waals surface area contributed by atoms with Crippen molar-refractivity contribution in [2.75, 3.05) is 0 Å². The number of furan rings is 1. The minimum absolute atomic E-state index is 0.250. The molecule has 0 radical (unpaired) electrons. The molecule has 3 rings (SSSR count). The number of fused-ring (bicyclic) bond motifs is 1. The molecule has 2 aromatic rings. The van der Waals surface area contributed by atoms with E-state index in [-0.39, 0.29) is 5.58 Å². The summed E-state index contributed by atoms with van der Waals surface area (Å²) in [5.74, 6) is -1.21. The van der Waals surface area contributed by atoms with Crippen LogP contribution in [0, 0.1) is 11.6 Å². The lowest BCUT2D eigenvalue weighted by Crippen LogP contribution is -2.44. The quantitative estimate of drug-likeness (QED) is 0.807. The molecule has 0 amide bonds. The highest BCUT2D eigenvalue weighted by Crippen LogP contribution is 2.43. The molecule has 1 fully saturated rings. The third kappa shape index (κ3) is 1.13. The van der Waals surface area contributed by atoms with Gasteiger partial charge in [-0.15, -0.1) is 0 Å². The molecule has 0 atom stereocenters. The Kier molecular flexibility index (Phi) is 1.86. The van der Waals surface area contributed by atoms with E-state index in [0.717, 1.165) is 12.5 Å². The molecule has 0 bridgehead atoms. The molecule has 0 aliphatic heterocycles. The van der Waals surface area contributed by atoms with Crippen LogP contribution in [0.4, 0.5) is 8.78 Å². The van der Waals surface area contributed by atoms with E-state index in [9.17, 15) is 8.78 Å². The van der Waals surface area contributed by atoms with Crippen LogP contribution in [-0.2, 0) is 5.54 Å². The molecule has 1 heterocycles. The highest BCUT2D eigenvalue weighted by Gasteiger charge is 2.39. The minimum Gasteiger partial charge on any atom is -0.464 e. The maximum Gasteiger partial charge on any atom is 0.144 e. The molecule has 16 heavy (non-hydrogen) atoms. The first-order chi connectivity index (χ1) is 7.62. The first-order valence-electron chi connectivity index (χ1n) is 5.26. The zero-order valence-corrected chi connectivity index (χ0v) is 8.59. The van der Waals surface area contributed by atoms with Gasteiger partial charge in [-0.05, 0) is 25.3 Å². The van der Waals surface area contributed by atoms with Crippen LogP contribution in [-0.4, -0.2) is 0 Å². The lowest BCUT2D eigenvalue weighted by Gasteiger charge is -2.38. The normalized spacial score (nSPS) is 18.7. The summed E-state index contributed by atoms with van der Waals surface area (Å²) in [7, 11) is 0. The van der Waals surface area contributed by atoms with E-state index in [1.54, 1.807) is 0 Å². The van der Waals surface area contributed by atoms with Gasteiger partial charge in [0.1, 0.15) is 17.2 Å². The van der Waals surface area contributed by atoms with E-state index in [2.05, 4.69) is 0 Å². The van der Waals surface area contributed by atoms with Crippen LogP contribution in [0.25, 0.3) is 11.0 Å². The van der Waals surface area contributed by atoms with Crippen LogP contribution in [0.5, 0.6) is 0 Å². The first-order valence-corrected chi connectivity index (χ1v) is 5.26. The van der Waals surface area contributed by atoms with Crippen molar-refractivity contribution in [3.63, 3.8) is 0 Å². The molecule has 1 aromatic carbocycles. The Morgan fingerprint density at radius 1 is 1.25 bits per heavy atom. The first kappa shape index (κ1) is 9.78. The van der Waals surface area contributed by atoms with Crippen molar-refractivity contribution in [2.24, 2.45) is 5.73 Å². The van der Waals surface area contributed by atoms with Gasteiger partial charge < -0.3 is 10.2 Å². The smallest absolute Gasteiger partial charge is 0.144 e. The fourth-order valence-electron chi connectivity index (χ4n) is 2.33. The van der Waals surface area contributed by atoms with Crippen molar-refractivity contribution in [3.8, 4) is 0 Å². The average Bonchev–Trinajstić information content (AvgIpc) is 2.63. The molecule has 2 N–H and O–H groups in total. The summed E-state index contributed by atoms with van der Waals surface area (Å²) in [6.45, 7) is 0. The summed E-state index contributed by atoms with van der Waals surface area (Å²) in [4.78, 5) is 0. The van der Waals surface area contributed by atoms with Gasteiger partial charge in [-0.25, -0.2) is 8.78 Å². The van der Waals surface area contributed by atoms with Crippen LogP contribution >= 0.6 is 0 Å². The van der Waals surface area contributed by atoms with Crippen LogP contribution in [0.15, 0.2) is 22.8 Å². The van der Waals surface area contributed by atoms with Gasteiger partial charge in [0.05, 0.1) is 17.2 Å². The van der Waals surface area contributed by atoms with Crippen LogP contribution in [0.1, 0.15) is 24.8 Å². The van der Waals surface area contributed by atoms with Crippen molar-refractivity contribution in [1.82, 2.24) is 0 Å². The second-order valence-electron chi connectivity index (χ2n) is 4.39. The van der Waals surface area contributed by atoms with Gasteiger partial charge in [0.15, 0.2) is 0 Å². The van der Waals surface area contributed by atoms with Crippen molar-refractivity contribution < 1.29 is 13.2 Å². The van der Waals surface area contributed by atoms with Gasteiger partial charge in [0.25, 0.3) is 0 Å². The third-order valence-corrected chi connectivity index (χ3v) is 3.39. The molecular weight excluding hydrogens is 212 g/mol. The van der Waals surface area contributed by atoms with Crippen LogP contribution in [0.2, 0.25) is 0 Å². The zero-order chi connectivity index (χ0) is 11.3. The molecule has 1 aromatic heterocycles. The monoisotopic (exact) mass is 223 g/mol. The Morgan fingerprint density at radius 3 is 2.62 bits per heavy atom. The maximum absolute atomic E-state index is 13.8. The SMILES string of the molecule is NC1(c2c(F)cc(F)c3ccoc23)CCC1. The lowest BCUT2D eigenvalue weighted by atomic mass is 9.72. The van der Waals surface area contributed by atoms with Gasteiger partial charge >= 0.3 is 0 Å². The molecule has 1 aliphatic rings. The highest BCUT2D eigenvalue weighted by atomic mass is 19.1. The third-order valence-electron chi connectivity index (χ3n) is 3.39. The Hall–Kier alpha value is -1.42. The van der Waals surface area contributed by atoms with E-state index in [1.807, 2.05) is 0 Å². The molecule has 0 spiro atoms. The van der Waals surface area contributed by atoms with Crippen molar-refractivity contribution in [1.29, 1.82) is 0 Å². The molecule has 1 saturated carbocycles. The van der Waals surface area contributed by atoms with E-state index in [1.165, 1.54) is 12.3 Å². The predicted octanol–water partition coefficient (Wildman–Crippen LogP) is 3.05. The van der Waals surface area contributed by atoms with Crippen LogP contribution in [0.3, 0.4) is 0 Å². The highest BCUT2D eigenvalue weighted by molar-refractivity contribution is 5.82. The second kappa shape index (κ2) is 3.04. The summed E-state index contributed by atoms with van der Waals surface area (Å²) in [5.41, 5.74) is 5.96. The Morgan fingerprint density at radius 2 is 2.00 bits per heavy atom. The fraction of sp³-hybridized carbons (Fsp3) is 0.333. The molecule has 0 saturated heterocycles. The number of hydrogen-bond acceptors (Lipinski definition) is 2. The van der Waals surface area contributed by atoms with Gasteiger partial charge in [-0.3, -0.25) is 0 Å². The number of rotatable bonds is 1. The molecular formula is C12H11F2NO. The van der Waals surface area contributed by atoms with Crippen LogP contribution < -0.4 is 5.73 Å². The second-order valence-corrected chi connectivity index (χ2v) is 4.39. The number of hydrogen-bond donors (Lipinski definition) is 1. The van der Waals surface area contributed by atoms with E-state index < -0.39 is 17.2 Å². The topological polar surface area (TPSA) is 39.2 Å². The molecule has 2 nitrogen and oxygen atoms in total. The molecule has 4 heteroatoms. The van der Waals surface area contributed by atoms with E-state index in [0.29, 0.717) is 23.8 Å². The summed E-state index contributed by atoms with van der Waals surface area (Å²) >= 11 is 0. The number of nitrogens with two attached hydrogens (primary N) is 1. The van der Waals surface area contributed by atoms with Crippen molar-refractivity contribution in [3.05, 3.63) is 35.6 Å². The summed E-state index contributed by atoms with van der Waals surface area (Å²) in [6, 6.07) is 2.38. The molecule has 84 valence electrons. The van der Waals surface area contributed by atoms with E-state index in [4.69, 9.17) is 10.2 Å². The Balaban J connectivity index is 2.34. The predicted molar refractivity (Wildman–Crippen MR) is 55.8 cm³/mol. The summed E-state index contributed by atoms with van der Waals surface area (Å²) < 4.78 is 32.4. The minimum atomic E-state index is -0.687. The van der Waals surface area contributed by atoms with Gasteiger partial charge in [-0.1, -0.05) is 0 Å². The van der Waals surface area contributed by atoms with Crippen molar-refractivity contribution in [2.45, 2.75) is 24.8 Å². The largest absolute Gasteiger partial charge is 0.464 e. The van der Waals surface area contributed by atoms with Crippen molar-refractivity contribution >= 4 is 11.0 Å². The lowest BCUT2D eigenvalue weighted by molar-refractivity contribution is 0.245. The summed E-state index contributed by atoms with van der Waals surface area (Å²) in [6.07, 6.45) is 3.75. The standard InChI is InChI=1S/C12H11F2NO/c13-8-6-9(14)10(12(15)3-1-4-12)11-7(8)2-5-16-11/h2,5-6H,1,3-4,15H2. The zero-order valence-electron chi connectivity index (χ0n) is 8.59. The number of benzene rings is 1. The number of halogens is 2.